The van der Waals surface area contributed by atoms with Crippen LogP contribution in [0.5, 0.6) is 0 Å². The van der Waals surface area contributed by atoms with Crippen molar-refractivity contribution in [3.8, 4) is 0 Å². The zero-order valence-electron chi connectivity index (χ0n) is 12.5. The monoisotopic (exact) mass is 310 g/mol. The Morgan fingerprint density at radius 1 is 1.62 bits per heavy atom. The first-order chi connectivity index (χ1) is 10.1. The minimum absolute atomic E-state index is 0.140. The maximum atomic E-state index is 12.1. The molecule has 0 spiro atoms. The Morgan fingerprint density at radius 3 is 3.10 bits per heavy atom. The Labute approximate surface area is 129 Å². The van der Waals surface area contributed by atoms with Crippen LogP contribution in [-0.4, -0.2) is 37.8 Å². The number of rotatable bonds is 5. The van der Waals surface area contributed by atoms with Crippen LogP contribution in [-0.2, 0) is 9.47 Å². The number of nitrogens with one attached hydrogen (secondary N) is 1. The topological polar surface area (TPSA) is 59.9 Å². The van der Waals surface area contributed by atoms with Crippen LogP contribution >= 0.6 is 11.3 Å². The van der Waals surface area contributed by atoms with Crippen molar-refractivity contribution in [2.75, 3.05) is 19.8 Å². The highest BCUT2D eigenvalue weighted by atomic mass is 32.1. The molecule has 6 heteroatoms. The third kappa shape index (κ3) is 5.47. The van der Waals surface area contributed by atoms with Crippen LogP contribution in [0, 0.1) is 5.92 Å². The summed E-state index contributed by atoms with van der Waals surface area (Å²) in [4.78, 5) is 17.1. The van der Waals surface area contributed by atoms with Gasteiger partial charge in [-0.1, -0.05) is 19.9 Å². The van der Waals surface area contributed by atoms with E-state index in [2.05, 4.69) is 24.2 Å². The fraction of sp³-hybridized carbons (Fsp3) is 0.600. The fourth-order valence-electron chi connectivity index (χ4n) is 1.91. The average molecular weight is 310 g/mol. The van der Waals surface area contributed by atoms with E-state index in [1.54, 1.807) is 6.07 Å². The van der Waals surface area contributed by atoms with E-state index in [0.29, 0.717) is 23.9 Å². The summed E-state index contributed by atoms with van der Waals surface area (Å²) in [6.07, 6.45) is 2.23. The van der Waals surface area contributed by atoms with Crippen molar-refractivity contribution in [3.63, 3.8) is 0 Å². The Hall–Kier alpha value is -1.40. The maximum Gasteiger partial charge on any atom is 0.291 e. The second-order valence-electron chi connectivity index (χ2n) is 5.42. The summed E-state index contributed by atoms with van der Waals surface area (Å²) in [5.41, 5.74) is 0. The number of carbonyl (C=O) groups is 1. The number of aliphatic imine (C=N–C) groups is 1. The van der Waals surface area contributed by atoms with Crippen LogP contribution in [0.1, 0.15) is 36.4 Å². The summed E-state index contributed by atoms with van der Waals surface area (Å²) in [6.45, 7) is 5.95. The van der Waals surface area contributed by atoms with Gasteiger partial charge in [-0.2, -0.15) is 0 Å². The van der Waals surface area contributed by atoms with E-state index in [1.807, 2.05) is 11.4 Å². The highest BCUT2D eigenvalue weighted by Gasteiger charge is 2.16. The number of nitrogens with zero attached hydrogens (tertiary/aromatic N) is 1. The van der Waals surface area contributed by atoms with Crippen molar-refractivity contribution >= 4 is 23.3 Å². The molecule has 0 saturated carbocycles. The largest absolute Gasteiger partial charge is 0.465 e. The normalized spacial score (nSPS) is 19.0. The molecule has 0 bridgehead atoms. The van der Waals surface area contributed by atoms with E-state index in [4.69, 9.17) is 9.47 Å². The molecule has 1 aliphatic heterocycles. The molecule has 1 N–H and O–H groups in total. The SMILES string of the molecule is CC(C)COC(=NC[C@H]1CCCO1)NC(=O)c1cccs1. The van der Waals surface area contributed by atoms with Crippen molar-refractivity contribution in [3.05, 3.63) is 22.4 Å². The van der Waals surface area contributed by atoms with Crippen molar-refractivity contribution in [1.29, 1.82) is 0 Å². The summed E-state index contributed by atoms with van der Waals surface area (Å²) < 4.78 is 11.1. The van der Waals surface area contributed by atoms with Gasteiger partial charge >= 0.3 is 0 Å². The van der Waals surface area contributed by atoms with E-state index in [9.17, 15) is 4.79 Å². The summed E-state index contributed by atoms with van der Waals surface area (Å²) in [6, 6.07) is 3.91. The average Bonchev–Trinajstić information content (AvgIpc) is 3.13. The van der Waals surface area contributed by atoms with Crippen LogP contribution in [0.25, 0.3) is 0 Å². The number of ether oxygens (including phenoxy) is 2. The van der Waals surface area contributed by atoms with Gasteiger partial charge in [0.25, 0.3) is 11.9 Å². The van der Waals surface area contributed by atoms with E-state index < -0.39 is 0 Å². The Bertz CT molecular complexity index is 465. The quantitative estimate of drug-likeness (QED) is 0.672. The van der Waals surface area contributed by atoms with Crippen molar-refractivity contribution in [2.24, 2.45) is 10.9 Å². The summed E-state index contributed by atoms with van der Waals surface area (Å²) in [5.74, 6) is 0.191. The molecule has 1 fully saturated rings. The lowest BCUT2D eigenvalue weighted by Gasteiger charge is -2.13. The lowest BCUT2D eigenvalue weighted by atomic mass is 10.2. The molecule has 0 aliphatic carbocycles. The molecule has 21 heavy (non-hydrogen) atoms. The predicted molar refractivity (Wildman–Crippen MR) is 83.9 cm³/mol. The molecule has 1 aliphatic rings. The number of amidine groups is 1. The first-order valence-corrected chi connectivity index (χ1v) is 8.17. The molecule has 1 saturated heterocycles. The van der Waals surface area contributed by atoms with Gasteiger partial charge < -0.3 is 9.47 Å². The van der Waals surface area contributed by atoms with E-state index >= 15 is 0 Å². The number of hydrogen-bond acceptors (Lipinski definition) is 5. The van der Waals surface area contributed by atoms with Crippen molar-refractivity contribution in [2.45, 2.75) is 32.8 Å². The van der Waals surface area contributed by atoms with Gasteiger partial charge in [0.15, 0.2) is 0 Å². The standard InChI is InChI=1S/C15H22N2O3S/c1-11(2)10-20-15(16-9-12-5-3-7-19-12)17-14(18)13-6-4-8-21-13/h4,6,8,11-12H,3,5,7,9-10H2,1-2H3,(H,16,17,18)/t12-/m1/s1. The van der Waals surface area contributed by atoms with Crippen LogP contribution in [0.3, 0.4) is 0 Å². The summed E-state index contributed by atoms with van der Waals surface area (Å²) in [5, 5.41) is 4.61. The second kappa shape index (κ2) is 8.14. The van der Waals surface area contributed by atoms with Gasteiger partial charge in [0.2, 0.25) is 0 Å². The fourth-order valence-corrected chi connectivity index (χ4v) is 2.53. The highest BCUT2D eigenvalue weighted by Crippen LogP contribution is 2.12. The highest BCUT2D eigenvalue weighted by molar-refractivity contribution is 7.12. The molecule has 116 valence electrons. The molecule has 0 radical (unpaired) electrons. The number of hydrogen-bond donors (Lipinski definition) is 1. The van der Waals surface area contributed by atoms with Gasteiger partial charge in [0, 0.05) is 6.61 Å². The third-order valence-corrected chi connectivity index (χ3v) is 3.85. The van der Waals surface area contributed by atoms with Crippen LogP contribution in [0.15, 0.2) is 22.5 Å². The Kier molecular flexibility index (Phi) is 6.20. The molecule has 1 aromatic heterocycles. The van der Waals surface area contributed by atoms with Gasteiger partial charge in [0.05, 0.1) is 24.1 Å². The number of thiophene rings is 1. The Morgan fingerprint density at radius 2 is 2.48 bits per heavy atom. The Balaban J connectivity index is 1.93. The summed E-state index contributed by atoms with van der Waals surface area (Å²) >= 11 is 1.39. The van der Waals surface area contributed by atoms with E-state index in [-0.39, 0.29) is 18.0 Å². The molecule has 2 rings (SSSR count). The predicted octanol–water partition coefficient (Wildman–Crippen LogP) is 2.69. The molecule has 1 atom stereocenters. The number of carbonyl (C=O) groups excluding carboxylic acids is 1. The number of amides is 1. The smallest absolute Gasteiger partial charge is 0.291 e. The molecule has 0 unspecified atom stereocenters. The molecule has 5 nitrogen and oxygen atoms in total. The molecular weight excluding hydrogens is 288 g/mol. The molecule has 1 aromatic rings. The minimum Gasteiger partial charge on any atom is -0.465 e. The maximum absolute atomic E-state index is 12.1. The molecule has 1 amide bonds. The van der Waals surface area contributed by atoms with Gasteiger partial charge in [-0.15, -0.1) is 11.3 Å². The van der Waals surface area contributed by atoms with Crippen LogP contribution < -0.4 is 5.32 Å². The first kappa shape index (κ1) is 16.0. The van der Waals surface area contributed by atoms with Crippen molar-refractivity contribution in [1.82, 2.24) is 5.32 Å². The third-order valence-electron chi connectivity index (χ3n) is 2.98. The minimum atomic E-state index is -0.181. The van der Waals surface area contributed by atoms with Crippen molar-refractivity contribution < 1.29 is 14.3 Å². The zero-order valence-corrected chi connectivity index (χ0v) is 13.3. The van der Waals surface area contributed by atoms with E-state index in [0.717, 1.165) is 19.4 Å². The van der Waals surface area contributed by atoms with Gasteiger partial charge in [-0.3, -0.25) is 10.1 Å². The van der Waals surface area contributed by atoms with Gasteiger partial charge in [-0.05, 0) is 30.2 Å². The molecule has 2 heterocycles. The van der Waals surface area contributed by atoms with Gasteiger partial charge in [-0.25, -0.2) is 4.99 Å². The van der Waals surface area contributed by atoms with Crippen LogP contribution in [0.4, 0.5) is 0 Å². The van der Waals surface area contributed by atoms with E-state index in [1.165, 1.54) is 11.3 Å². The lowest BCUT2D eigenvalue weighted by molar-refractivity contribution is 0.0964. The molecular formula is C15H22N2O3S. The van der Waals surface area contributed by atoms with Crippen LogP contribution in [0.2, 0.25) is 0 Å². The van der Waals surface area contributed by atoms with Gasteiger partial charge in [0.1, 0.15) is 0 Å². The first-order valence-electron chi connectivity index (χ1n) is 7.29. The summed E-state index contributed by atoms with van der Waals surface area (Å²) in [7, 11) is 0. The second-order valence-corrected chi connectivity index (χ2v) is 6.36. The molecule has 0 aromatic carbocycles. The lowest BCUT2D eigenvalue weighted by Crippen LogP contribution is -2.33. The zero-order chi connectivity index (χ0) is 15.1.